The van der Waals surface area contributed by atoms with Crippen LogP contribution in [0.25, 0.3) is 17.2 Å². The number of pyridine rings is 1. The Bertz CT molecular complexity index is 1370. The van der Waals surface area contributed by atoms with Gasteiger partial charge < -0.3 is 5.21 Å². The minimum atomic E-state index is -0.878. The number of halogens is 3. The largest absolute Gasteiger partial charge is 0.622 e. The van der Waals surface area contributed by atoms with Crippen molar-refractivity contribution in [1.29, 1.82) is 0 Å². The van der Waals surface area contributed by atoms with Crippen molar-refractivity contribution in [3.63, 3.8) is 0 Å². The molecule has 2 aromatic carbocycles. The quantitative estimate of drug-likeness (QED) is 0.175. The Morgan fingerprint density at radius 3 is 2.67 bits per heavy atom. The highest BCUT2D eigenvalue weighted by molar-refractivity contribution is 6.36. The Kier molecular flexibility index (Phi) is 5.54. The van der Waals surface area contributed by atoms with Crippen LogP contribution in [-0.2, 0) is 6.54 Å². The zero-order valence-electron chi connectivity index (χ0n) is 17.6. The first-order valence-electron chi connectivity index (χ1n) is 10.4. The first-order chi connectivity index (χ1) is 15.9. The molecule has 0 fully saturated rings. The highest BCUT2D eigenvalue weighted by Gasteiger charge is 2.37. The molecule has 0 saturated carbocycles. The smallest absolute Gasteiger partial charge is 0.164 e. The van der Waals surface area contributed by atoms with Gasteiger partial charge in [-0.15, -0.1) is 0 Å². The Labute approximate surface area is 200 Å². The van der Waals surface area contributed by atoms with E-state index in [1.54, 1.807) is 31.5 Å². The molecule has 8 heteroatoms. The number of nitrogens with zero attached hydrogens (tertiary/aromatic N) is 4. The third-order valence-electron chi connectivity index (χ3n) is 5.95. The van der Waals surface area contributed by atoms with E-state index in [2.05, 4.69) is 10.1 Å². The van der Waals surface area contributed by atoms with E-state index in [9.17, 15) is 9.60 Å². The molecule has 0 N–H and O–H groups in total. The molecule has 0 radical (unpaired) electrons. The van der Waals surface area contributed by atoms with Gasteiger partial charge in [-0.1, -0.05) is 53.5 Å². The molecule has 0 spiro atoms. The molecule has 5 rings (SSSR count). The molecule has 1 aliphatic heterocycles. The summed E-state index contributed by atoms with van der Waals surface area (Å²) in [5.41, 5.74) is 4.00. The van der Waals surface area contributed by atoms with Gasteiger partial charge in [0.25, 0.3) is 0 Å². The molecule has 0 aliphatic carbocycles. The Balaban J connectivity index is 1.49. The number of hydrogen-bond acceptors (Lipinski definition) is 3. The average Bonchev–Trinajstić information content (AvgIpc) is 3.42. The van der Waals surface area contributed by atoms with Crippen LogP contribution in [0, 0.1) is 11.0 Å². The summed E-state index contributed by atoms with van der Waals surface area (Å²) in [6, 6.07) is 13.7. The van der Waals surface area contributed by atoms with Crippen LogP contribution in [0.1, 0.15) is 29.8 Å². The fraction of sp³-hybridized carbons (Fsp3) is 0.120. The van der Waals surface area contributed by atoms with Gasteiger partial charge in [0.15, 0.2) is 5.69 Å². The molecule has 1 aliphatic rings. The summed E-state index contributed by atoms with van der Waals surface area (Å²) < 4.78 is 15.1. The zero-order chi connectivity index (χ0) is 23.2. The van der Waals surface area contributed by atoms with Crippen molar-refractivity contribution in [2.24, 2.45) is 0 Å². The second-order valence-corrected chi connectivity index (χ2v) is 8.78. The van der Waals surface area contributed by atoms with Gasteiger partial charge in [0.2, 0.25) is 0 Å². The Morgan fingerprint density at radius 2 is 1.88 bits per heavy atom. The van der Waals surface area contributed by atoms with Crippen LogP contribution in [0.3, 0.4) is 0 Å². The molecular formula is C25H19Cl2FN4O. The third kappa shape index (κ3) is 3.85. The monoisotopic (exact) mass is 480 g/mol. The predicted molar refractivity (Wildman–Crippen MR) is 130 cm³/mol. The van der Waals surface area contributed by atoms with Gasteiger partial charge >= 0.3 is 0 Å². The normalized spacial score (nSPS) is 17.8. The van der Waals surface area contributed by atoms with Crippen molar-refractivity contribution in [2.45, 2.75) is 19.5 Å². The maximum atomic E-state index is 14.1. The molecule has 0 amide bonds. The summed E-state index contributed by atoms with van der Waals surface area (Å²) in [7, 11) is 0. The van der Waals surface area contributed by atoms with Gasteiger partial charge in [-0.2, -0.15) is 5.10 Å². The topological polar surface area (TPSA) is 53.8 Å². The minimum Gasteiger partial charge on any atom is -0.622 e. The second kappa shape index (κ2) is 8.39. The molecule has 166 valence electrons. The molecule has 2 unspecified atom stereocenters. The zero-order valence-corrected chi connectivity index (χ0v) is 19.1. The van der Waals surface area contributed by atoms with E-state index in [1.165, 1.54) is 18.3 Å². The first kappa shape index (κ1) is 21.8. The number of hydroxylamine groups is 2. The van der Waals surface area contributed by atoms with Gasteiger partial charge in [0.1, 0.15) is 23.8 Å². The molecule has 3 heterocycles. The third-order valence-corrected chi connectivity index (χ3v) is 6.67. The minimum absolute atomic E-state index is 0.142. The number of benzene rings is 2. The number of rotatable bonds is 5. The molecule has 5 nitrogen and oxygen atoms in total. The van der Waals surface area contributed by atoms with Gasteiger partial charge in [0.05, 0.1) is 28.4 Å². The van der Waals surface area contributed by atoms with Gasteiger partial charge in [-0.25, -0.2) is 9.37 Å². The number of aromatic nitrogens is 3. The fourth-order valence-corrected chi connectivity index (χ4v) is 4.80. The van der Waals surface area contributed by atoms with Crippen LogP contribution in [-0.4, -0.2) is 14.8 Å². The van der Waals surface area contributed by atoms with Crippen molar-refractivity contribution < 1.29 is 4.39 Å². The van der Waals surface area contributed by atoms with Crippen LogP contribution in [0.5, 0.6) is 0 Å². The molecule has 2 aromatic heterocycles. The average molecular weight is 481 g/mol. The Morgan fingerprint density at radius 1 is 1.09 bits per heavy atom. The molecule has 4 aromatic rings. The standard InChI is InChI=1S/C25H19Cl2FN4O/c1-16(24-20(26)7-8-21(28)25(24)27)32(33)10-9-22-23(32)11-18(12-29-22)19-13-30-31(15-19)14-17-5-3-2-4-6-17/h2-13,15-16H,14H2,1H3. The maximum absolute atomic E-state index is 14.1. The van der Waals surface area contributed by atoms with E-state index in [1.807, 2.05) is 41.2 Å². The lowest BCUT2D eigenvalue weighted by atomic mass is 10.0. The van der Waals surface area contributed by atoms with Crippen molar-refractivity contribution >= 4 is 35.0 Å². The molecular weight excluding hydrogens is 462 g/mol. The summed E-state index contributed by atoms with van der Waals surface area (Å²) in [5, 5.41) is 18.6. The number of quaternary nitrogens is 1. The van der Waals surface area contributed by atoms with Crippen LogP contribution < -0.4 is 4.65 Å². The summed E-state index contributed by atoms with van der Waals surface area (Å²) >= 11 is 12.5. The van der Waals surface area contributed by atoms with E-state index in [0.29, 0.717) is 17.9 Å². The number of hydrogen-bond donors (Lipinski definition) is 0. The summed E-state index contributed by atoms with van der Waals surface area (Å²) in [6.07, 6.45) is 8.54. The number of fused-ring (bicyclic) bond motifs is 1. The predicted octanol–water partition coefficient (Wildman–Crippen LogP) is 6.99. The summed E-state index contributed by atoms with van der Waals surface area (Å²) in [5.74, 6) is -0.615. The van der Waals surface area contributed by atoms with E-state index in [0.717, 1.165) is 16.7 Å². The van der Waals surface area contributed by atoms with E-state index < -0.39 is 16.5 Å². The lowest BCUT2D eigenvalue weighted by Gasteiger charge is -2.42. The highest BCUT2D eigenvalue weighted by Crippen LogP contribution is 2.46. The Hall–Kier alpha value is -3.03. The van der Waals surface area contributed by atoms with E-state index in [4.69, 9.17) is 23.2 Å². The lowest BCUT2D eigenvalue weighted by Crippen LogP contribution is -2.38. The SMILES string of the molecule is CC(c1c(Cl)ccc(F)c1Cl)[N+]1([O-])C=Cc2ncc(-c3cnn(Cc4ccccc4)c3)cc21. The van der Waals surface area contributed by atoms with Gasteiger partial charge in [-0.3, -0.25) is 9.33 Å². The summed E-state index contributed by atoms with van der Waals surface area (Å²) in [4.78, 5) is 4.48. The van der Waals surface area contributed by atoms with Crippen molar-refractivity contribution in [1.82, 2.24) is 19.4 Å². The van der Waals surface area contributed by atoms with Crippen LogP contribution in [0.15, 0.2) is 73.3 Å². The van der Waals surface area contributed by atoms with Crippen molar-refractivity contribution in [2.75, 3.05) is 0 Å². The highest BCUT2D eigenvalue weighted by atomic mass is 35.5. The van der Waals surface area contributed by atoms with Crippen LogP contribution >= 0.6 is 23.2 Å². The summed E-state index contributed by atoms with van der Waals surface area (Å²) in [6.45, 7) is 2.32. The van der Waals surface area contributed by atoms with E-state index >= 15 is 0 Å². The second-order valence-electron chi connectivity index (χ2n) is 8.00. The van der Waals surface area contributed by atoms with E-state index in [-0.39, 0.29) is 15.6 Å². The lowest BCUT2D eigenvalue weighted by molar-refractivity contribution is 0.400. The van der Waals surface area contributed by atoms with Crippen LogP contribution in [0.4, 0.5) is 10.1 Å². The van der Waals surface area contributed by atoms with Crippen molar-refractivity contribution in [3.05, 3.63) is 111 Å². The molecule has 33 heavy (non-hydrogen) atoms. The molecule has 2 atom stereocenters. The first-order valence-corrected chi connectivity index (χ1v) is 11.1. The molecule has 0 bridgehead atoms. The fourth-order valence-electron chi connectivity index (χ4n) is 4.12. The molecule has 0 saturated heterocycles. The van der Waals surface area contributed by atoms with Crippen LogP contribution in [0.2, 0.25) is 10.0 Å². The van der Waals surface area contributed by atoms with Gasteiger partial charge in [-0.05, 0) is 24.6 Å². The maximum Gasteiger partial charge on any atom is 0.164 e. The van der Waals surface area contributed by atoms with Crippen molar-refractivity contribution in [3.8, 4) is 11.1 Å². The van der Waals surface area contributed by atoms with Gasteiger partial charge in [0, 0.05) is 35.7 Å².